The molecule has 0 saturated carbocycles. The van der Waals surface area contributed by atoms with Crippen molar-refractivity contribution in [3.63, 3.8) is 0 Å². The molecule has 3 rings (SSSR count). The van der Waals surface area contributed by atoms with E-state index in [1.165, 1.54) is 25.7 Å². The zero-order valence-electron chi connectivity index (χ0n) is 16.9. The number of nitrogens with zero attached hydrogens (tertiary/aromatic N) is 2. The topological polar surface area (TPSA) is 54.4 Å². The van der Waals surface area contributed by atoms with E-state index in [0.717, 1.165) is 38.2 Å². The van der Waals surface area contributed by atoms with E-state index in [9.17, 15) is 5.11 Å². The SMILES string of the molecule is COc1ccc(CN2CC[C@@H](N3CCCCCC3)[C@H](O)C2)c(OC)c1OC. The molecule has 1 aromatic rings. The van der Waals surface area contributed by atoms with Gasteiger partial charge < -0.3 is 19.3 Å². The number of benzene rings is 1. The Kier molecular flexibility index (Phi) is 7.21. The average Bonchev–Trinajstić information content (AvgIpc) is 2.97. The molecule has 2 aliphatic heterocycles. The predicted molar refractivity (Wildman–Crippen MR) is 106 cm³/mol. The van der Waals surface area contributed by atoms with Crippen LogP contribution >= 0.6 is 0 Å². The number of piperidine rings is 1. The van der Waals surface area contributed by atoms with Crippen LogP contribution in [0, 0.1) is 0 Å². The first-order valence-electron chi connectivity index (χ1n) is 10.1. The number of hydrogen-bond donors (Lipinski definition) is 1. The fraction of sp³-hybridized carbons (Fsp3) is 0.714. The molecule has 0 unspecified atom stereocenters. The van der Waals surface area contributed by atoms with E-state index in [1.54, 1.807) is 21.3 Å². The molecule has 152 valence electrons. The molecule has 2 atom stereocenters. The van der Waals surface area contributed by atoms with Crippen molar-refractivity contribution in [2.24, 2.45) is 0 Å². The molecular formula is C21H34N2O4. The molecule has 6 heteroatoms. The van der Waals surface area contributed by atoms with Crippen LogP contribution in [-0.2, 0) is 6.54 Å². The molecule has 0 aliphatic carbocycles. The zero-order valence-corrected chi connectivity index (χ0v) is 16.9. The summed E-state index contributed by atoms with van der Waals surface area (Å²) >= 11 is 0. The van der Waals surface area contributed by atoms with Gasteiger partial charge in [0, 0.05) is 31.2 Å². The summed E-state index contributed by atoms with van der Waals surface area (Å²) in [6.45, 7) is 4.66. The third-order valence-electron chi connectivity index (χ3n) is 5.92. The zero-order chi connectivity index (χ0) is 19.2. The van der Waals surface area contributed by atoms with E-state index in [1.807, 2.05) is 12.1 Å². The maximum absolute atomic E-state index is 10.8. The fourth-order valence-corrected chi connectivity index (χ4v) is 4.51. The van der Waals surface area contributed by atoms with Gasteiger partial charge in [-0.1, -0.05) is 18.9 Å². The number of aliphatic hydroxyl groups is 1. The molecule has 2 fully saturated rings. The van der Waals surface area contributed by atoms with Gasteiger partial charge in [-0.15, -0.1) is 0 Å². The maximum atomic E-state index is 10.8. The molecule has 1 N–H and O–H groups in total. The van der Waals surface area contributed by atoms with Crippen LogP contribution in [0.5, 0.6) is 17.2 Å². The van der Waals surface area contributed by atoms with E-state index in [0.29, 0.717) is 29.8 Å². The van der Waals surface area contributed by atoms with Crippen LogP contribution < -0.4 is 14.2 Å². The van der Waals surface area contributed by atoms with Gasteiger partial charge in [-0.2, -0.15) is 0 Å². The van der Waals surface area contributed by atoms with Gasteiger partial charge >= 0.3 is 0 Å². The second-order valence-electron chi connectivity index (χ2n) is 7.60. The third-order valence-corrected chi connectivity index (χ3v) is 5.92. The fourth-order valence-electron chi connectivity index (χ4n) is 4.51. The highest BCUT2D eigenvalue weighted by atomic mass is 16.5. The summed E-state index contributed by atoms with van der Waals surface area (Å²) in [6.07, 6.45) is 5.88. The smallest absolute Gasteiger partial charge is 0.203 e. The average molecular weight is 379 g/mol. The van der Waals surface area contributed by atoms with Crippen LogP contribution in [0.15, 0.2) is 12.1 Å². The van der Waals surface area contributed by atoms with Crippen molar-refractivity contribution < 1.29 is 19.3 Å². The van der Waals surface area contributed by atoms with E-state index >= 15 is 0 Å². The van der Waals surface area contributed by atoms with Gasteiger partial charge in [0.2, 0.25) is 5.75 Å². The predicted octanol–water partition coefficient (Wildman–Crippen LogP) is 2.52. The molecule has 2 heterocycles. The van der Waals surface area contributed by atoms with Gasteiger partial charge in [0.25, 0.3) is 0 Å². The number of hydrogen-bond acceptors (Lipinski definition) is 6. The summed E-state index contributed by atoms with van der Waals surface area (Å²) in [5.41, 5.74) is 1.05. The van der Waals surface area contributed by atoms with Gasteiger partial charge in [-0.3, -0.25) is 9.80 Å². The van der Waals surface area contributed by atoms with Crippen LogP contribution in [0.4, 0.5) is 0 Å². The normalized spacial score (nSPS) is 25.0. The first kappa shape index (κ1) is 20.2. The second-order valence-corrected chi connectivity index (χ2v) is 7.60. The number of β-amino-alcohol motifs (C(OH)–C–C–N with tert-alkyl or cyclic N) is 1. The number of methoxy groups -OCH3 is 3. The lowest BCUT2D eigenvalue weighted by Gasteiger charge is -2.41. The number of rotatable bonds is 6. The molecule has 2 aliphatic rings. The molecule has 1 aromatic carbocycles. The molecule has 0 radical (unpaired) electrons. The van der Waals surface area contributed by atoms with E-state index in [-0.39, 0.29) is 6.10 Å². The minimum Gasteiger partial charge on any atom is -0.493 e. The van der Waals surface area contributed by atoms with Crippen molar-refractivity contribution in [2.75, 3.05) is 47.5 Å². The lowest BCUT2D eigenvalue weighted by atomic mass is 9.99. The minimum absolute atomic E-state index is 0.298. The highest BCUT2D eigenvalue weighted by Crippen LogP contribution is 2.40. The Bertz CT molecular complexity index is 602. The number of ether oxygens (including phenoxy) is 3. The monoisotopic (exact) mass is 378 g/mol. The molecule has 0 spiro atoms. The molecule has 0 aromatic heterocycles. The lowest BCUT2D eigenvalue weighted by Crippen LogP contribution is -2.54. The van der Waals surface area contributed by atoms with Gasteiger partial charge in [0.15, 0.2) is 11.5 Å². The maximum Gasteiger partial charge on any atom is 0.203 e. The van der Waals surface area contributed by atoms with Crippen LogP contribution in [0.25, 0.3) is 0 Å². The molecule has 0 bridgehead atoms. The first-order valence-corrected chi connectivity index (χ1v) is 10.1. The minimum atomic E-state index is -0.303. The molecule has 27 heavy (non-hydrogen) atoms. The Hall–Kier alpha value is -1.50. The van der Waals surface area contributed by atoms with Crippen molar-refractivity contribution in [3.05, 3.63) is 17.7 Å². The molecule has 2 saturated heterocycles. The molecular weight excluding hydrogens is 344 g/mol. The Morgan fingerprint density at radius 2 is 1.63 bits per heavy atom. The summed E-state index contributed by atoms with van der Waals surface area (Å²) in [7, 11) is 4.91. The number of likely N-dealkylation sites (tertiary alicyclic amines) is 2. The Labute approximate surface area is 163 Å². The summed E-state index contributed by atoms with van der Waals surface area (Å²) in [4.78, 5) is 4.83. The third kappa shape index (κ3) is 4.68. The van der Waals surface area contributed by atoms with Crippen molar-refractivity contribution in [1.29, 1.82) is 0 Å². The Morgan fingerprint density at radius 3 is 2.22 bits per heavy atom. The standard InChI is InChI=1S/C21H34N2O4/c1-25-19-9-8-16(20(26-2)21(19)27-3)14-22-13-10-17(18(24)15-22)23-11-6-4-5-7-12-23/h8-9,17-18,24H,4-7,10-15H2,1-3H3/t17-,18-/m1/s1. The summed E-state index contributed by atoms with van der Waals surface area (Å²) in [6, 6.07) is 4.23. The Morgan fingerprint density at radius 1 is 0.926 bits per heavy atom. The van der Waals surface area contributed by atoms with Gasteiger partial charge in [-0.05, 0) is 38.4 Å². The lowest BCUT2D eigenvalue weighted by molar-refractivity contribution is -0.0145. The largest absolute Gasteiger partial charge is 0.493 e. The van der Waals surface area contributed by atoms with Gasteiger partial charge in [0.05, 0.1) is 27.4 Å². The molecule has 6 nitrogen and oxygen atoms in total. The van der Waals surface area contributed by atoms with E-state index in [4.69, 9.17) is 14.2 Å². The summed E-state index contributed by atoms with van der Waals surface area (Å²) in [5.74, 6) is 2.00. The van der Waals surface area contributed by atoms with E-state index in [2.05, 4.69) is 9.80 Å². The second kappa shape index (κ2) is 9.62. The Balaban J connectivity index is 1.66. The first-order chi connectivity index (χ1) is 13.2. The summed E-state index contributed by atoms with van der Waals surface area (Å²) in [5, 5.41) is 10.8. The van der Waals surface area contributed by atoms with Crippen molar-refractivity contribution in [2.45, 2.75) is 50.8 Å². The van der Waals surface area contributed by atoms with Crippen LogP contribution in [0.1, 0.15) is 37.7 Å². The highest BCUT2D eigenvalue weighted by molar-refractivity contribution is 5.55. The van der Waals surface area contributed by atoms with Crippen LogP contribution in [0.2, 0.25) is 0 Å². The van der Waals surface area contributed by atoms with Crippen molar-refractivity contribution >= 4 is 0 Å². The molecule has 0 amide bonds. The van der Waals surface area contributed by atoms with Gasteiger partial charge in [-0.25, -0.2) is 0 Å². The van der Waals surface area contributed by atoms with Crippen molar-refractivity contribution in [3.8, 4) is 17.2 Å². The van der Waals surface area contributed by atoms with Gasteiger partial charge in [0.1, 0.15) is 0 Å². The van der Waals surface area contributed by atoms with E-state index < -0.39 is 0 Å². The number of aliphatic hydroxyl groups excluding tert-OH is 1. The van der Waals surface area contributed by atoms with Crippen LogP contribution in [-0.4, -0.2) is 74.6 Å². The van der Waals surface area contributed by atoms with Crippen LogP contribution in [0.3, 0.4) is 0 Å². The quantitative estimate of drug-likeness (QED) is 0.821. The highest BCUT2D eigenvalue weighted by Gasteiger charge is 2.32. The summed E-state index contributed by atoms with van der Waals surface area (Å²) < 4.78 is 16.5. The van der Waals surface area contributed by atoms with Crippen molar-refractivity contribution in [1.82, 2.24) is 9.80 Å².